The molecule has 0 radical (unpaired) electrons. The summed E-state index contributed by atoms with van der Waals surface area (Å²) in [6.45, 7) is 1.63. The van der Waals surface area contributed by atoms with Crippen molar-refractivity contribution in [3.8, 4) is 0 Å². The average Bonchev–Trinajstić information content (AvgIpc) is 2.51. The number of piperidine rings is 1. The Balaban J connectivity index is 2.00. The number of fused-ring (bicyclic) bond motifs is 2. The second-order valence-electron chi connectivity index (χ2n) is 5.29. The summed E-state index contributed by atoms with van der Waals surface area (Å²) < 4.78 is 0. The van der Waals surface area contributed by atoms with Gasteiger partial charge in [-0.15, -0.1) is 0 Å². The van der Waals surface area contributed by atoms with Gasteiger partial charge in [-0.3, -0.25) is 10.1 Å². The number of carbonyl (C=O) groups is 2. The van der Waals surface area contributed by atoms with Gasteiger partial charge in [-0.1, -0.05) is 0 Å². The van der Waals surface area contributed by atoms with Gasteiger partial charge in [0, 0.05) is 18.1 Å². The predicted octanol–water partition coefficient (Wildman–Crippen LogP) is 0.123. The van der Waals surface area contributed by atoms with Crippen LogP contribution in [0.25, 0.3) is 0 Å². The van der Waals surface area contributed by atoms with Gasteiger partial charge in [0.1, 0.15) is 5.66 Å². The fourth-order valence-corrected chi connectivity index (χ4v) is 3.08. The van der Waals surface area contributed by atoms with Crippen molar-refractivity contribution in [3.63, 3.8) is 0 Å². The van der Waals surface area contributed by atoms with E-state index in [9.17, 15) is 9.59 Å². The molecule has 2 heterocycles. The molecule has 0 aromatic carbocycles. The second kappa shape index (κ2) is 4.27. The molecule has 0 aliphatic carbocycles. The zero-order valence-electron chi connectivity index (χ0n) is 9.93. The maximum Gasteiger partial charge on any atom is 0.407 e. The van der Waals surface area contributed by atoms with Crippen molar-refractivity contribution < 1.29 is 14.7 Å². The van der Waals surface area contributed by atoms with E-state index in [1.807, 2.05) is 0 Å². The fraction of sp³-hybridized carbons (Fsp3) is 0.818. The lowest BCUT2D eigenvalue weighted by Crippen LogP contribution is -2.60. The van der Waals surface area contributed by atoms with E-state index in [0.29, 0.717) is 6.29 Å². The molecule has 96 valence electrons. The first-order valence-corrected chi connectivity index (χ1v) is 5.97. The molecule has 2 saturated heterocycles. The molecular weight excluding hydrogens is 222 g/mol. The van der Waals surface area contributed by atoms with E-state index in [4.69, 9.17) is 10.8 Å². The second-order valence-corrected chi connectivity index (χ2v) is 5.29. The highest BCUT2D eigenvalue weighted by Gasteiger charge is 2.44. The van der Waals surface area contributed by atoms with Gasteiger partial charge in [0.25, 0.3) is 0 Å². The summed E-state index contributed by atoms with van der Waals surface area (Å²) in [5.41, 5.74) is 4.73. The fourth-order valence-electron chi connectivity index (χ4n) is 3.08. The molecule has 2 aliphatic rings. The van der Waals surface area contributed by atoms with E-state index in [0.717, 1.165) is 25.7 Å². The number of carboxylic acid groups (broad SMARTS) is 1. The molecule has 17 heavy (non-hydrogen) atoms. The Bertz CT molecular complexity index is 318. The number of rotatable bonds is 3. The third-order valence-electron chi connectivity index (χ3n) is 3.71. The molecule has 3 atom stereocenters. The molecule has 0 aromatic heterocycles. The molecule has 2 rings (SSSR count). The van der Waals surface area contributed by atoms with Crippen molar-refractivity contribution in [1.29, 1.82) is 0 Å². The van der Waals surface area contributed by atoms with E-state index in [-0.39, 0.29) is 18.1 Å². The van der Waals surface area contributed by atoms with Crippen molar-refractivity contribution in [1.82, 2.24) is 10.2 Å². The Morgan fingerprint density at radius 1 is 1.47 bits per heavy atom. The first-order valence-electron chi connectivity index (χ1n) is 5.97. The highest BCUT2D eigenvalue weighted by atomic mass is 16.4. The van der Waals surface area contributed by atoms with E-state index in [1.165, 1.54) is 0 Å². The highest BCUT2D eigenvalue weighted by Crippen LogP contribution is 2.35. The van der Waals surface area contributed by atoms with Gasteiger partial charge in [-0.05, 0) is 32.6 Å². The molecule has 2 aliphatic heterocycles. The smallest absolute Gasteiger partial charge is 0.407 e. The number of hydrogen-bond acceptors (Lipinski definition) is 4. The number of amides is 1. The van der Waals surface area contributed by atoms with Crippen LogP contribution in [0.4, 0.5) is 4.79 Å². The lowest BCUT2D eigenvalue weighted by atomic mass is 9.96. The Labute approximate surface area is 100 Å². The standard InChI is InChI=1S/C11H19N3O3/c1-11(12,6-15)13-7-4-8-2-3-9(5-7)14(8)10(16)17/h6-9,13H,2-5,12H2,1H3,(H,16,17)/t7?,8?,9?,11-/m0/s1. The van der Waals surface area contributed by atoms with Crippen LogP contribution in [0.3, 0.4) is 0 Å². The summed E-state index contributed by atoms with van der Waals surface area (Å²) in [5.74, 6) is 0. The molecule has 0 spiro atoms. The predicted molar refractivity (Wildman–Crippen MR) is 61.5 cm³/mol. The molecule has 0 aromatic rings. The van der Waals surface area contributed by atoms with Gasteiger partial charge in [0.2, 0.25) is 0 Å². The largest absolute Gasteiger partial charge is 0.465 e. The third-order valence-corrected chi connectivity index (χ3v) is 3.71. The van der Waals surface area contributed by atoms with Crippen LogP contribution in [0.15, 0.2) is 0 Å². The summed E-state index contributed by atoms with van der Waals surface area (Å²) in [5, 5.41) is 12.2. The normalized spacial score (nSPS) is 35.4. The summed E-state index contributed by atoms with van der Waals surface area (Å²) in [4.78, 5) is 23.4. The number of carbonyl (C=O) groups excluding carboxylic acids is 1. The third kappa shape index (κ3) is 2.42. The monoisotopic (exact) mass is 241 g/mol. The van der Waals surface area contributed by atoms with Crippen molar-refractivity contribution in [3.05, 3.63) is 0 Å². The van der Waals surface area contributed by atoms with Gasteiger partial charge < -0.3 is 15.7 Å². The minimum absolute atomic E-state index is 0.0752. The molecule has 0 saturated carbocycles. The molecule has 2 bridgehead atoms. The zero-order chi connectivity index (χ0) is 12.6. The SMILES string of the molecule is C[C@@](N)(C=O)NC1CC2CCC(C1)N2C(=O)O. The van der Waals surface area contributed by atoms with Crippen molar-refractivity contribution in [2.24, 2.45) is 5.73 Å². The lowest BCUT2D eigenvalue weighted by Gasteiger charge is -2.39. The van der Waals surface area contributed by atoms with Crippen LogP contribution in [-0.2, 0) is 4.79 Å². The molecule has 4 N–H and O–H groups in total. The van der Waals surface area contributed by atoms with E-state index in [1.54, 1.807) is 11.8 Å². The maximum atomic E-state index is 11.1. The van der Waals surface area contributed by atoms with Gasteiger partial charge >= 0.3 is 6.09 Å². The maximum absolute atomic E-state index is 11.1. The highest BCUT2D eigenvalue weighted by molar-refractivity contribution is 5.66. The van der Waals surface area contributed by atoms with Crippen LogP contribution in [0.5, 0.6) is 0 Å². The number of nitrogens with two attached hydrogens (primary N) is 1. The van der Waals surface area contributed by atoms with Crippen LogP contribution >= 0.6 is 0 Å². The quantitative estimate of drug-likeness (QED) is 0.482. The number of hydrogen-bond donors (Lipinski definition) is 3. The Morgan fingerprint density at radius 2 is 2.00 bits per heavy atom. The minimum atomic E-state index is -1.02. The van der Waals surface area contributed by atoms with E-state index in [2.05, 4.69) is 5.32 Å². The first kappa shape index (κ1) is 12.3. The summed E-state index contributed by atoms with van der Waals surface area (Å²) in [7, 11) is 0. The Morgan fingerprint density at radius 3 is 2.41 bits per heavy atom. The molecule has 2 unspecified atom stereocenters. The molecule has 6 nitrogen and oxygen atoms in total. The summed E-state index contributed by atoms with van der Waals surface area (Å²) in [6.07, 6.45) is 3.17. The summed E-state index contributed by atoms with van der Waals surface area (Å²) in [6, 6.07) is 0.278. The number of nitrogens with one attached hydrogen (secondary N) is 1. The van der Waals surface area contributed by atoms with E-state index >= 15 is 0 Å². The van der Waals surface area contributed by atoms with Crippen LogP contribution < -0.4 is 11.1 Å². The van der Waals surface area contributed by atoms with Crippen LogP contribution in [0.1, 0.15) is 32.6 Å². The van der Waals surface area contributed by atoms with Gasteiger partial charge in [0.15, 0.2) is 6.29 Å². The van der Waals surface area contributed by atoms with Crippen LogP contribution in [-0.4, -0.2) is 46.2 Å². The van der Waals surface area contributed by atoms with Crippen molar-refractivity contribution in [2.75, 3.05) is 0 Å². The molecular formula is C11H19N3O3. The topological polar surface area (TPSA) is 95.7 Å². The molecule has 1 amide bonds. The lowest BCUT2D eigenvalue weighted by molar-refractivity contribution is -0.113. The van der Waals surface area contributed by atoms with Gasteiger partial charge in [0.05, 0.1) is 0 Å². The number of nitrogens with zero attached hydrogens (tertiary/aromatic N) is 1. The molecule has 2 fully saturated rings. The van der Waals surface area contributed by atoms with E-state index < -0.39 is 11.8 Å². The number of aldehydes is 1. The average molecular weight is 241 g/mol. The molecule has 6 heteroatoms. The van der Waals surface area contributed by atoms with Crippen LogP contribution in [0.2, 0.25) is 0 Å². The first-order chi connectivity index (χ1) is 7.93. The van der Waals surface area contributed by atoms with Gasteiger partial charge in [-0.25, -0.2) is 4.79 Å². The zero-order valence-corrected chi connectivity index (χ0v) is 9.93. The Kier molecular flexibility index (Phi) is 3.09. The Hall–Kier alpha value is -1.14. The van der Waals surface area contributed by atoms with Crippen molar-refractivity contribution >= 4 is 12.4 Å². The van der Waals surface area contributed by atoms with Crippen LogP contribution in [0, 0.1) is 0 Å². The summed E-state index contributed by atoms with van der Waals surface area (Å²) >= 11 is 0. The van der Waals surface area contributed by atoms with Crippen molar-refractivity contribution in [2.45, 2.75) is 56.4 Å². The van der Waals surface area contributed by atoms with Gasteiger partial charge in [-0.2, -0.15) is 0 Å². The minimum Gasteiger partial charge on any atom is -0.465 e.